The second-order valence-corrected chi connectivity index (χ2v) is 5.66. The van der Waals surface area contributed by atoms with E-state index in [1.165, 1.54) is 0 Å². The highest BCUT2D eigenvalue weighted by Crippen LogP contribution is 2.33. The summed E-state index contributed by atoms with van der Waals surface area (Å²) in [7, 11) is 0. The Morgan fingerprint density at radius 2 is 1.59 bits per heavy atom. The molecule has 2 aromatic carbocycles. The Bertz CT molecular complexity index is 506. The molecule has 88 valence electrons. The first kappa shape index (κ1) is 12.6. The van der Waals surface area contributed by atoms with Gasteiger partial charge in [-0.15, -0.1) is 0 Å². The summed E-state index contributed by atoms with van der Waals surface area (Å²) >= 11 is 13.5. The second-order valence-electron chi connectivity index (χ2n) is 3.70. The number of halogens is 2. The molecule has 0 spiro atoms. The quantitative estimate of drug-likeness (QED) is 0.782. The van der Waals surface area contributed by atoms with Gasteiger partial charge in [-0.3, -0.25) is 0 Å². The Hall–Kier alpha value is -0.830. The van der Waals surface area contributed by atoms with Crippen molar-refractivity contribution in [2.24, 2.45) is 0 Å². The lowest BCUT2D eigenvalue weighted by Gasteiger charge is -2.06. The smallest absolute Gasteiger partial charge is 0.0603 e. The number of hydrogen-bond acceptors (Lipinski definition) is 2. The lowest BCUT2D eigenvalue weighted by atomic mass is 10.2. The van der Waals surface area contributed by atoms with E-state index < -0.39 is 0 Å². The van der Waals surface area contributed by atoms with E-state index in [1.54, 1.807) is 17.8 Å². The molecule has 0 aromatic heterocycles. The predicted octanol–water partition coefficient (Wildman–Crippen LogP) is 5.04. The van der Waals surface area contributed by atoms with Crippen molar-refractivity contribution in [3.63, 3.8) is 0 Å². The van der Waals surface area contributed by atoms with Gasteiger partial charge < -0.3 is 5.73 Å². The van der Waals surface area contributed by atoms with Crippen LogP contribution in [0, 0.1) is 6.92 Å². The fourth-order valence-electron chi connectivity index (χ4n) is 1.39. The van der Waals surface area contributed by atoms with Crippen LogP contribution in [0.25, 0.3) is 0 Å². The Labute approximate surface area is 115 Å². The molecule has 0 atom stereocenters. The molecule has 0 fully saturated rings. The van der Waals surface area contributed by atoms with Gasteiger partial charge in [0.15, 0.2) is 0 Å². The van der Waals surface area contributed by atoms with Gasteiger partial charge in [-0.05, 0) is 48.9 Å². The SMILES string of the molecule is Cc1cc(Sc2ccc(Cl)c(Cl)c2)ccc1N. The van der Waals surface area contributed by atoms with Crippen LogP contribution in [-0.4, -0.2) is 0 Å². The molecule has 0 amide bonds. The summed E-state index contributed by atoms with van der Waals surface area (Å²) in [6.07, 6.45) is 0. The maximum absolute atomic E-state index is 5.97. The Morgan fingerprint density at radius 1 is 0.941 bits per heavy atom. The van der Waals surface area contributed by atoms with E-state index in [2.05, 4.69) is 6.07 Å². The van der Waals surface area contributed by atoms with Crippen LogP contribution in [0.4, 0.5) is 5.69 Å². The zero-order valence-corrected chi connectivity index (χ0v) is 11.5. The average molecular weight is 284 g/mol. The molecule has 17 heavy (non-hydrogen) atoms. The summed E-state index contributed by atoms with van der Waals surface area (Å²) in [4.78, 5) is 2.19. The second kappa shape index (κ2) is 5.21. The Balaban J connectivity index is 2.25. The third-order valence-corrected chi connectivity index (χ3v) is 4.09. The number of aryl methyl sites for hydroxylation is 1. The van der Waals surface area contributed by atoms with Crippen molar-refractivity contribution in [2.75, 3.05) is 5.73 Å². The number of nitrogen functional groups attached to an aromatic ring is 1. The van der Waals surface area contributed by atoms with Crippen LogP contribution < -0.4 is 5.73 Å². The number of anilines is 1. The van der Waals surface area contributed by atoms with Gasteiger partial charge in [-0.2, -0.15) is 0 Å². The Morgan fingerprint density at radius 3 is 2.24 bits per heavy atom. The summed E-state index contributed by atoms with van der Waals surface area (Å²) in [6.45, 7) is 1.99. The minimum Gasteiger partial charge on any atom is -0.399 e. The van der Waals surface area contributed by atoms with E-state index in [0.717, 1.165) is 21.0 Å². The van der Waals surface area contributed by atoms with Crippen molar-refractivity contribution in [1.29, 1.82) is 0 Å². The van der Waals surface area contributed by atoms with Crippen molar-refractivity contribution in [2.45, 2.75) is 16.7 Å². The van der Waals surface area contributed by atoms with E-state index in [1.807, 2.05) is 31.2 Å². The molecule has 0 aliphatic carbocycles. The van der Waals surface area contributed by atoms with Crippen LogP contribution in [0.1, 0.15) is 5.56 Å². The molecule has 0 heterocycles. The highest BCUT2D eigenvalue weighted by Gasteiger charge is 2.03. The van der Waals surface area contributed by atoms with Crippen molar-refractivity contribution >= 4 is 40.7 Å². The fraction of sp³-hybridized carbons (Fsp3) is 0.0769. The monoisotopic (exact) mass is 283 g/mol. The lowest BCUT2D eigenvalue weighted by Crippen LogP contribution is -1.88. The molecule has 0 saturated carbocycles. The standard InChI is InChI=1S/C13H11Cl2NS/c1-8-6-9(3-5-13(8)16)17-10-2-4-11(14)12(15)7-10/h2-7H,16H2,1H3. The van der Waals surface area contributed by atoms with Gasteiger partial charge in [0.25, 0.3) is 0 Å². The zero-order chi connectivity index (χ0) is 12.4. The van der Waals surface area contributed by atoms with Crippen molar-refractivity contribution < 1.29 is 0 Å². The number of benzene rings is 2. The molecule has 0 aliphatic heterocycles. The van der Waals surface area contributed by atoms with E-state index in [9.17, 15) is 0 Å². The van der Waals surface area contributed by atoms with E-state index in [4.69, 9.17) is 28.9 Å². The summed E-state index contributed by atoms with van der Waals surface area (Å²) in [5.74, 6) is 0. The molecular formula is C13H11Cl2NS. The Kier molecular flexibility index (Phi) is 3.87. The third kappa shape index (κ3) is 3.09. The van der Waals surface area contributed by atoms with Crippen LogP contribution >= 0.6 is 35.0 Å². The van der Waals surface area contributed by atoms with Crippen molar-refractivity contribution in [3.8, 4) is 0 Å². The van der Waals surface area contributed by atoms with Gasteiger partial charge in [-0.1, -0.05) is 35.0 Å². The molecule has 1 nitrogen and oxygen atoms in total. The summed E-state index contributed by atoms with van der Waals surface area (Å²) < 4.78 is 0. The van der Waals surface area contributed by atoms with E-state index in [0.29, 0.717) is 10.0 Å². The van der Waals surface area contributed by atoms with Crippen LogP contribution in [-0.2, 0) is 0 Å². The molecule has 4 heteroatoms. The first-order valence-corrected chi connectivity index (χ1v) is 6.62. The molecule has 0 radical (unpaired) electrons. The average Bonchev–Trinajstić information content (AvgIpc) is 2.29. The van der Waals surface area contributed by atoms with Gasteiger partial charge in [0.1, 0.15) is 0 Å². The predicted molar refractivity (Wildman–Crippen MR) is 76.2 cm³/mol. The van der Waals surface area contributed by atoms with E-state index in [-0.39, 0.29) is 0 Å². The molecule has 2 aromatic rings. The molecule has 0 saturated heterocycles. The largest absolute Gasteiger partial charge is 0.399 e. The van der Waals surface area contributed by atoms with Gasteiger partial charge in [0, 0.05) is 15.5 Å². The lowest BCUT2D eigenvalue weighted by molar-refractivity contribution is 1.35. The zero-order valence-electron chi connectivity index (χ0n) is 9.21. The molecule has 2 rings (SSSR count). The molecule has 0 unspecified atom stereocenters. The highest BCUT2D eigenvalue weighted by atomic mass is 35.5. The highest BCUT2D eigenvalue weighted by molar-refractivity contribution is 7.99. The van der Waals surface area contributed by atoms with E-state index >= 15 is 0 Å². The summed E-state index contributed by atoms with van der Waals surface area (Å²) in [5, 5.41) is 1.15. The van der Waals surface area contributed by atoms with Gasteiger partial charge in [-0.25, -0.2) is 0 Å². The third-order valence-electron chi connectivity index (χ3n) is 2.37. The first-order valence-electron chi connectivity index (χ1n) is 5.05. The summed E-state index contributed by atoms with van der Waals surface area (Å²) in [5.41, 5.74) is 7.67. The normalized spacial score (nSPS) is 10.5. The maximum atomic E-state index is 5.97. The maximum Gasteiger partial charge on any atom is 0.0603 e. The van der Waals surface area contributed by atoms with Crippen molar-refractivity contribution in [1.82, 2.24) is 0 Å². The fourth-order valence-corrected chi connectivity index (χ4v) is 2.71. The van der Waals surface area contributed by atoms with Crippen LogP contribution in [0.15, 0.2) is 46.2 Å². The number of nitrogens with two attached hydrogens (primary N) is 1. The van der Waals surface area contributed by atoms with Crippen molar-refractivity contribution in [3.05, 3.63) is 52.0 Å². The van der Waals surface area contributed by atoms with Gasteiger partial charge in [0.2, 0.25) is 0 Å². The minimum atomic E-state index is 0.573. The topological polar surface area (TPSA) is 26.0 Å². The van der Waals surface area contributed by atoms with Crippen LogP contribution in [0.2, 0.25) is 10.0 Å². The van der Waals surface area contributed by atoms with Crippen LogP contribution in [0.5, 0.6) is 0 Å². The summed E-state index contributed by atoms with van der Waals surface area (Å²) in [6, 6.07) is 11.6. The molecule has 2 N–H and O–H groups in total. The van der Waals surface area contributed by atoms with Crippen LogP contribution in [0.3, 0.4) is 0 Å². The van der Waals surface area contributed by atoms with Gasteiger partial charge >= 0.3 is 0 Å². The number of rotatable bonds is 2. The molecular weight excluding hydrogens is 273 g/mol. The molecule has 0 bridgehead atoms. The minimum absolute atomic E-state index is 0.573. The molecule has 0 aliphatic rings. The van der Waals surface area contributed by atoms with Gasteiger partial charge in [0.05, 0.1) is 10.0 Å². The first-order chi connectivity index (χ1) is 8.06. The number of hydrogen-bond donors (Lipinski definition) is 1.